The summed E-state index contributed by atoms with van der Waals surface area (Å²) < 4.78 is 68.7. The highest BCUT2D eigenvalue weighted by Gasteiger charge is 2.30. The van der Waals surface area contributed by atoms with Crippen LogP contribution >= 0.6 is 15.6 Å². The fourth-order valence-corrected chi connectivity index (χ4v) is 14.6. The lowest BCUT2D eigenvalue weighted by atomic mass is 9.99. The van der Waals surface area contributed by atoms with E-state index in [2.05, 4.69) is 41.5 Å². The normalized spacial score (nSPS) is 14.1. The lowest BCUT2D eigenvalue weighted by molar-refractivity contribution is -0.161. The van der Waals surface area contributed by atoms with Crippen LogP contribution in [-0.2, 0) is 65.4 Å². The molecule has 0 amide bonds. The number of carbonyl (C=O) groups excluding carboxylic acids is 4. The summed E-state index contributed by atoms with van der Waals surface area (Å²) in [6, 6.07) is 0. The van der Waals surface area contributed by atoms with Gasteiger partial charge in [0.05, 0.1) is 26.4 Å². The monoisotopic (exact) mass is 1510 g/mol. The number of unbranched alkanes of at least 4 members (excludes halogenated alkanes) is 52. The molecule has 3 unspecified atom stereocenters. The minimum Gasteiger partial charge on any atom is -0.462 e. The highest BCUT2D eigenvalue weighted by Crippen LogP contribution is 2.45. The molecule has 0 saturated heterocycles. The number of hydrogen-bond acceptors (Lipinski definition) is 15. The van der Waals surface area contributed by atoms with Crippen molar-refractivity contribution in [3.63, 3.8) is 0 Å². The molecular weight excluding hydrogens is 1340 g/mol. The molecule has 0 aliphatic heterocycles. The van der Waals surface area contributed by atoms with Crippen molar-refractivity contribution in [2.45, 2.75) is 464 Å². The van der Waals surface area contributed by atoms with Crippen LogP contribution in [-0.4, -0.2) is 96.7 Å². The van der Waals surface area contributed by atoms with Crippen molar-refractivity contribution in [2.75, 3.05) is 39.6 Å². The Morgan fingerprint density at radius 1 is 0.282 bits per heavy atom. The Morgan fingerprint density at radius 2 is 0.495 bits per heavy atom. The van der Waals surface area contributed by atoms with Gasteiger partial charge in [-0.05, 0) is 37.5 Å². The molecule has 0 radical (unpaired) electrons. The number of hydrogen-bond donors (Lipinski definition) is 3. The smallest absolute Gasteiger partial charge is 0.462 e. The topological polar surface area (TPSA) is 237 Å². The number of carbonyl (C=O) groups is 4. The van der Waals surface area contributed by atoms with Gasteiger partial charge in [-0.25, -0.2) is 9.13 Å². The molecule has 0 aromatic heterocycles. The number of ether oxygens (including phenoxy) is 4. The predicted octanol–water partition coefficient (Wildman–Crippen LogP) is 25.5. The van der Waals surface area contributed by atoms with Gasteiger partial charge in [0.1, 0.15) is 19.3 Å². The van der Waals surface area contributed by atoms with Crippen LogP contribution in [0.15, 0.2) is 0 Å². The van der Waals surface area contributed by atoms with Crippen molar-refractivity contribution in [3.05, 3.63) is 0 Å². The Hall–Kier alpha value is -1.94. The van der Waals surface area contributed by atoms with Gasteiger partial charge in [0.25, 0.3) is 0 Å². The first-order valence-corrected chi connectivity index (χ1v) is 46.5. The minimum atomic E-state index is -4.96. The highest BCUT2D eigenvalue weighted by molar-refractivity contribution is 7.47. The van der Waals surface area contributed by atoms with E-state index >= 15 is 0 Å². The van der Waals surface area contributed by atoms with Crippen LogP contribution in [0.25, 0.3) is 0 Å². The van der Waals surface area contributed by atoms with Gasteiger partial charge in [-0.15, -0.1) is 0 Å². The van der Waals surface area contributed by atoms with Gasteiger partial charge in [0.2, 0.25) is 0 Å². The Kier molecular flexibility index (Phi) is 74.1. The molecule has 3 N–H and O–H groups in total. The zero-order valence-electron chi connectivity index (χ0n) is 67.6. The average molecular weight is 1510 g/mol. The standard InChI is InChI=1S/C84H164O17P2/c1-7-10-12-14-16-17-18-19-20-21-22-23-24-27-34-39-44-50-56-62-69-84(89)101-80(73-95-82(87)67-61-55-49-43-38-33-28-25-26-31-36-41-47-52-58-64-76(4)5)75-99-103(92,93)97-71-78(85)70-96-102(90,91)98-74-79(72-94-81(86)66-60-54-46-15-13-11-8-2)100-83(88)68-63-57-51-45-40-35-30-29-32-37-42-48-53-59-65-77(6)9-3/h76-80,85H,7-75H2,1-6H3,(H,90,91)(H,92,93)/t77?,78-,79+,80+/m0/s1. The van der Waals surface area contributed by atoms with Crippen molar-refractivity contribution in [3.8, 4) is 0 Å². The van der Waals surface area contributed by atoms with Crippen LogP contribution in [0.1, 0.15) is 446 Å². The minimum absolute atomic E-state index is 0.108. The first kappa shape index (κ1) is 101. The quantitative estimate of drug-likeness (QED) is 0.0222. The molecule has 0 fully saturated rings. The molecule has 103 heavy (non-hydrogen) atoms. The fourth-order valence-electron chi connectivity index (χ4n) is 13.0. The third kappa shape index (κ3) is 76.6. The number of aliphatic hydroxyl groups excluding tert-OH is 1. The Labute approximate surface area is 632 Å². The molecule has 0 aromatic carbocycles. The first-order chi connectivity index (χ1) is 49.9. The average Bonchev–Trinajstić information content (AvgIpc) is 0.925. The molecule has 0 aliphatic carbocycles. The molecule has 19 heteroatoms. The van der Waals surface area contributed by atoms with E-state index in [9.17, 15) is 43.2 Å². The van der Waals surface area contributed by atoms with E-state index in [1.807, 2.05) is 0 Å². The first-order valence-electron chi connectivity index (χ1n) is 43.5. The molecule has 0 heterocycles. The van der Waals surface area contributed by atoms with Crippen LogP contribution in [0.2, 0.25) is 0 Å². The van der Waals surface area contributed by atoms with Crippen molar-refractivity contribution in [1.29, 1.82) is 0 Å². The van der Waals surface area contributed by atoms with Gasteiger partial charge in [-0.3, -0.25) is 37.3 Å². The number of esters is 4. The van der Waals surface area contributed by atoms with Gasteiger partial charge in [0, 0.05) is 25.7 Å². The van der Waals surface area contributed by atoms with Crippen LogP contribution in [0.4, 0.5) is 0 Å². The Balaban J connectivity index is 5.17. The molecule has 6 atom stereocenters. The lowest BCUT2D eigenvalue weighted by Crippen LogP contribution is -2.30. The number of phosphoric ester groups is 2. The number of aliphatic hydroxyl groups is 1. The summed E-state index contributed by atoms with van der Waals surface area (Å²) >= 11 is 0. The number of phosphoric acid groups is 2. The summed E-state index contributed by atoms with van der Waals surface area (Å²) in [6.45, 7) is 9.70. The summed E-state index contributed by atoms with van der Waals surface area (Å²) in [7, 11) is -9.92. The van der Waals surface area contributed by atoms with Crippen molar-refractivity contribution in [2.24, 2.45) is 11.8 Å². The molecule has 0 aromatic rings. The SMILES string of the molecule is CCCCCCCCCCCCCCCCCCCCCCC(=O)O[C@H](COC(=O)CCCCCCCCCCCCCCCCCC(C)C)COP(=O)(O)OC[C@@H](O)COP(=O)(O)OC[C@@H](COC(=O)CCCCCCCCC)OC(=O)CCCCCCCCCCCCCCCCC(C)CC. The maximum atomic E-state index is 13.1. The summed E-state index contributed by atoms with van der Waals surface area (Å²) in [6.07, 6.45) is 66.8. The van der Waals surface area contributed by atoms with Crippen LogP contribution in [0.3, 0.4) is 0 Å². The predicted molar refractivity (Wildman–Crippen MR) is 423 cm³/mol. The summed E-state index contributed by atoms with van der Waals surface area (Å²) in [5, 5.41) is 10.6. The highest BCUT2D eigenvalue weighted by atomic mass is 31.2. The lowest BCUT2D eigenvalue weighted by Gasteiger charge is -2.21. The van der Waals surface area contributed by atoms with E-state index in [1.54, 1.807) is 0 Å². The van der Waals surface area contributed by atoms with E-state index < -0.39 is 97.5 Å². The second-order valence-corrected chi connectivity index (χ2v) is 33.8. The van der Waals surface area contributed by atoms with Gasteiger partial charge in [-0.2, -0.15) is 0 Å². The van der Waals surface area contributed by atoms with Crippen molar-refractivity contribution >= 4 is 39.5 Å². The van der Waals surface area contributed by atoms with Gasteiger partial charge < -0.3 is 33.8 Å². The van der Waals surface area contributed by atoms with E-state index in [1.165, 1.54) is 250 Å². The van der Waals surface area contributed by atoms with Gasteiger partial charge in [0.15, 0.2) is 12.2 Å². The van der Waals surface area contributed by atoms with E-state index in [-0.39, 0.29) is 25.7 Å². The molecule has 0 rings (SSSR count). The second-order valence-electron chi connectivity index (χ2n) is 30.9. The second kappa shape index (κ2) is 75.5. The largest absolute Gasteiger partial charge is 0.472 e. The Bertz CT molecular complexity index is 1980. The van der Waals surface area contributed by atoms with E-state index in [0.29, 0.717) is 25.7 Å². The summed E-state index contributed by atoms with van der Waals surface area (Å²) in [5.74, 6) is -0.457. The summed E-state index contributed by atoms with van der Waals surface area (Å²) in [5.41, 5.74) is 0. The van der Waals surface area contributed by atoms with Crippen molar-refractivity contribution < 1.29 is 80.2 Å². The third-order valence-corrected chi connectivity index (χ3v) is 22.0. The zero-order chi connectivity index (χ0) is 75.6. The van der Waals surface area contributed by atoms with E-state index in [0.717, 1.165) is 115 Å². The molecule has 0 bridgehead atoms. The van der Waals surface area contributed by atoms with Gasteiger partial charge in [-0.1, -0.05) is 395 Å². The molecular formula is C84H164O17P2. The van der Waals surface area contributed by atoms with Crippen LogP contribution < -0.4 is 0 Å². The molecule has 0 saturated carbocycles. The number of rotatable bonds is 83. The van der Waals surface area contributed by atoms with Crippen molar-refractivity contribution in [1.82, 2.24) is 0 Å². The Morgan fingerprint density at radius 3 is 0.738 bits per heavy atom. The maximum Gasteiger partial charge on any atom is 0.472 e. The molecule has 612 valence electrons. The molecule has 0 spiro atoms. The van der Waals surface area contributed by atoms with Crippen LogP contribution in [0, 0.1) is 11.8 Å². The van der Waals surface area contributed by atoms with E-state index in [4.69, 9.17) is 37.0 Å². The molecule has 0 aliphatic rings. The zero-order valence-corrected chi connectivity index (χ0v) is 69.4. The summed E-state index contributed by atoms with van der Waals surface area (Å²) in [4.78, 5) is 73.0. The van der Waals surface area contributed by atoms with Gasteiger partial charge >= 0.3 is 39.5 Å². The maximum absolute atomic E-state index is 13.1. The fraction of sp³-hybridized carbons (Fsp3) is 0.952. The third-order valence-electron chi connectivity index (χ3n) is 20.1. The van der Waals surface area contributed by atoms with Crippen LogP contribution in [0.5, 0.6) is 0 Å². The molecule has 17 nitrogen and oxygen atoms in total.